The second kappa shape index (κ2) is 8.43. The predicted octanol–water partition coefficient (Wildman–Crippen LogP) is 3.53. The summed E-state index contributed by atoms with van der Waals surface area (Å²) in [4.78, 5) is 17.8. The Bertz CT molecular complexity index is 1250. The number of allylic oxidation sites excluding steroid dienone is 1. The van der Waals surface area contributed by atoms with Crippen LogP contribution < -0.4 is 10.2 Å². The second-order valence-corrected chi connectivity index (χ2v) is 8.22. The maximum absolute atomic E-state index is 13.8. The van der Waals surface area contributed by atoms with Gasteiger partial charge in [0.15, 0.2) is 0 Å². The van der Waals surface area contributed by atoms with Gasteiger partial charge in [0.2, 0.25) is 0 Å². The molecule has 3 aromatic rings. The fraction of sp³-hybridized carbons (Fsp3) is 0.240. The molecular weight excluding hydrogens is 419 g/mol. The van der Waals surface area contributed by atoms with Crippen LogP contribution in [-0.2, 0) is 4.79 Å². The Labute approximate surface area is 191 Å². The van der Waals surface area contributed by atoms with Crippen molar-refractivity contribution in [1.29, 1.82) is 5.26 Å². The van der Waals surface area contributed by atoms with E-state index in [1.165, 1.54) is 12.1 Å². The highest BCUT2D eigenvalue weighted by Crippen LogP contribution is 2.36. The summed E-state index contributed by atoms with van der Waals surface area (Å²) in [6, 6.07) is 17.4. The van der Waals surface area contributed by atoms with Gasteiger partial charge in [0, 0.05) is 43.6 Å². The van der Waals surface area contributed by atoms with Crippen LogP contribution in [0.1, 0.15) is 24.1 Å². The van der Waals surface area contributed by atoms with Crippen molar-refractivity contribution in [3.05, 3.63) is 89.0 Å². The largest absolute Gasteiger partial charge is 0.368 e. The van der Waals surface area contributed by atoms with Gasteiger partial charge < -0.3 is 15.1 Å². The van der Waals surface area contributed by atoms with Gasteiger partial charge in [-0.05, 0) is 48.9 Å². The Hall–Kier alpha value is -4.12. The minimum atomic E-state index is -0.383. The van der Waals surface area contributed by atoms with Gasteiger partial charge in [-0.15, -0.1) is 0 Å². The standard InChI is InChI=1S/C25H23FN6O/c1-17-23(25(33)31-14-12-30(13-15-31)21-8-6-20(26)7-9-21)24(32-22(29-17)10-11-28-32)19-4-2-18(16-27)3-5-19/h2-11,24,29H,12-15H2,1H3. The lowest BCUT2D eigenvalue weighted by molar-refractivity contribution is -0.127. The van der Waals surface area contributed by atoms with Crippen molar-refractivity contribution in [3.8, 4) is 6.07 Å². The molecule has 1 atom stereocenters. The smallest absolute Gasteiger partial charge is 0.254 e. The van der Waals surface area contributed by atoms with E-state index in [1.54, 1.807) is 30.5 Å². The van der Waals surface area contributed by atoms with Crippen LogP contribution in [0.3, 0.4) is 0 Å². The minimum absolute atomic E-state index is 0.0331. The zero-order valence-electron chi connectivity index (χ0n) is 18.2. The number of piperazine rings is 1. The van der Waals surface area contributed by atoms with Gasteiger partial charge in [0.1, 0.15) is 17.7 Å². The average molecular weight is 442 g/mol. The molecule has 1 saturated heterocycles. The van der Waals surface area contributed by atoms with Crippen molar-refractivity contribution in [1.82, 2.24) is 14.7 Å². The molecule has 0 spiro atoms. The lowest BCUT2D eigenvalue weighted by Crippen LogP contribution is -2.50. The fourth-order valence-corrected chi connectivity index (χ4v) is 4.52. The van der Waals surface area contributed by atoms with Crippen LogP contribution in [0.2, 0.25) is 0 Å². The van der Waals surface area contributed by atoms with Gasteiger partial charge in [-0.3, -0.25) is 4.79 Å². The summed E-state index contributed by atoms with van der Waals surface area (Å²) >= 11 is 0. The van der Waals surface area contributed by atoms with E-state index in [0.717, 1.165) is 22.8 Å². The van der Waals surface area contributed by atoms with Gasteiger partial charge in [0.25, 0.3) is 5.91 Å². The number of benzene rings is 2. The maximum Gasteiger partial charge on any atom is 0.254 e. The van der Waals surface area contributed by atoms with E-state index in [-0.39, 0.29) is 17.8 Å². The van der Waals surface area contributed by atoms with Crippen molar-refractivity contribution in [2.45, 2.75) is 13.0 Å². The van der Waals surface area contributed by atoms with Crippen molar-refractivity contribution in [2.75, 3.05) is 36.4 Å². The number of halogens is 1. The van der Waals surface area contributed by atoms with Gasteiger partial charge >= 0.3 is 0 Å². The molecule has 33 heavy (non-hydrogen) atoms. The van der Waals surface area contributed by atoms with Crippen molar-refractivity contribution < 1.29 is 9.18 Å². The van der Waals surface area contributed by atoms with Gasteiger partial charge in [0.05, 0.1) is 23.4 Å². The highest BCUT2D eigenvalue weighted by molar-refractivity contribution is 5.97. The Morgan fingerprint density at radius 3 is 2.42 bits per heavy atom. The minimum Gasteiger partial charge on any atom is -0.368 e. The first-order valence-corrected chi connectivity index (χ1v) is 10.9. The zero-order chi connectivity index (χ0) is 22.9. The number of hydrogen-bond donors (Lipinski definition) is 1. The Balaban J connectivity index is 1.41. The van der Waals surface area contributed by atoms with E-state index in [4.69, 9.17) is 5.26 Å². The van der Waals surface area contributed by atoms with Crippen LogP contribution >= 0.6 is 0 Å². The molecular formula is C25H23FN6O. The third-order valence-corrected chi connectivity index (χ3v) is 6.25. The number of fused-ring (bicyclic) bond motifs is 1. The molecule has 0 bridgehead atoms. The number of hydrogen-bond acceptors (Lipinski definition) is 5. The molecule has 0 saturated carbocycles. The molecule has 1 fully saturated rings. The predicted molar refractivity (Wildman–Crippen MR) is 123 cm³/mol. The van der Waals surface area contributed by atoms with E-state index in [9.17, 15) is 9.18 Å². The number of carbonyl (C=O) groups excluding carboxylic acids is 1. The van der Waals surface area contributed by atoms with Crippen LogP contribution in [0.25, 0.3) is 0 Å². The molecule has 5 rings (SSSR count). The summed E-state index contributed by atoms with van der Waals surface area (Å²) in [5.74, 6) is 0.528. The highest BCUT2D eigenvalue weighted by Gasteiger charge is 2.35. The molecule has 1 aromatic heterocycles. The lowest BCUT2D eigenvalue weighted by atomic mass is 9.93. The third kappa shape index (κ3) is 3.82. The molecule has 1 unspecified atom stereocenters. The Morgan fingerprint density at radius 2 is 1.76 bits per heavy atom. The number of nitrogens with one attached hydrogen (secondary N) is 1. The number of rotatable bonds is 3. The second-order valence-electron chi connectivity index (χ2n) is 8.22. The summed E-state index contributed by atoms with van der Waals surface area (Å²) in [7, 11) is 0. The highest BCUT2D eigenvalue weighted by atomic mass is 19.1. The average Bonchev–Trinajstić information content (AvgIpc) is 3.31. The van der Waals surface area contributed by atoms with E-state index < -0.39 is 0 Å². The molecule has 2 aliphatic rings. The summed E-state index contributed by atoms with van der Waals surface area (Å²) in [5, 5.41) is 16.9. The third-order valence-electron chi connectivity index (χ3n) is 6.25. The first-order valence-electron chi connectivity index (χ1n) is 10.9. The number of amides is 1. The zero-order valence-corrected chi connectivity index (χ0v) is 18.2. The maximum atomic E-state index is 13.8. The lowest BCUT2D eigenvalue weighted by Gasteiger charge is -2.38. The van der Waals surface area contributed by atoms with Crippen molar-refractivity contribution in [3.63, 3.8) is 0 Å². The van der Waals surface area contributed by atoms with E-state index in [0.29, 0.717) is 37.3 Å². The molecule has 2 aliphatic heterocycles. The van der Waals surface area contributed by atoms with Crippen molar-refractivity contribution >= 4 is 17.4 Å². The molecule has 1 amide bonds. The molecule has 3 heterocycles. The Kier molecular flexibility index (Phi) is 5.31. The van der Waals surface area contributed by atoms with E-state index in [2.05, 4.69) is 21.4 Å². The molecule has 7 nitrogen and oxygen atoms in total. The topological polar surface area (TPSA) is 77.2 Å². The van der Waals surface area contributed by atoms with E-state index in [1.807, 2.05) is 34.7 Å². The van der Waals surface area contributed by atoms with Crippen LogP contribution in [0.4, 0.5) is 15.9 Å². The molecule has 1 N–H and O–H groups in total. The van der Waals surface area contributed by atoms with Crippen molar-refractivity contribution in [2.24, 2.45) is 0 Å². The first kappa shape index (κ1) is 20.8. The number of aromatic nitrogens is 2. The van der Waals surface area contributed by atoms with Crippen LogP contribution in [0.5, 0.6) is 0 Å². The number of anilines is 2. The molecule has 8 heteroatoms. The van der Waals surface area contributed by atoms with Gasteiger partial charge in [-0.25, -0.2) is 9.07 Å². The van der Waals surface area contributed by atoms with Gasteiger partial charge in [-0.1, -0.05) is 12.1 Å². The molecule has 0 radical (unpaired) electrons. The number of carbonyl (C=O) groups is 1. The monoisotopic (exact) mass is 442 g/mol. The summed E-state index contributed by atoms with van der Waals surface area (Å²) in [6.07, 6.45) is 1.71. The molecule has 166 valence electrons. The van der Waals surface area contributed by atoms with Crippen LogP contribution in [-0.4, -0.2) is 46.8 Å². The van der Waals surface area contributed by atoms with Gasteiger partial charge in [-0.2, -0.15) is 10.4 Å². The molecule has 0 aliphatic carbocycles. The van der Waals surface area contributed by atoms with E-state index >= 15 is 0 Å². The summed E-state index contributed by atoms with van der Waals surface area (Å²) < 4.78 is 15.1. The molecule has 2 aromatic carbocycles. The summed E-state index contributed by atoms with van der Waals surface area (Å²) in [6.45, 7) is 4.39. The number of nitriles is 1. The SMILES string of the molecule is CC1=C(C(=O)N2CCN(c3ccc(F)cc3)CC2)C(c2ccc(C#N)cc2)n2nccc2N1. The number of nitrogens with zero attached hydrogens (tertiary/aromatic N) is 5. The quantitative estimate of drug-likeness (QED) is 0.672. The van der Waals surface area contributed by atoms with Crippen LogP contribution in [0, 0.1) is 17.1 Å². The first-order chi connectivity index (χ1) is 16.0. The normalized spacial score (nSPS) is 17.9. The van der Waals surface area contributed by atoms with Crippen LogP contribution in [0.15, 0.2) is 72.1 Å². The summed E-state index contributed by atoms with van der Waals surface area (Å²) in [5.41, 5.74) is 3.86. The fourth-order valence-electron chi connectivity index (χ4n) is 4.52. The Morgan fingerprint density at radius 1 is 1.06 bits per heavy atom.